The number of thiophene rings is 1. The molecule has 0 saturated carbocycles. The van der Waals surface area contributed by atoms with Gasteiger partial charge in [0, 0.05) is 18.0 Å². The number of aliphatic hydroxyl groups excluding tert-OH is 1. The fourth-order valence-electron chi connectivity index (χ4n) is 4.05. The Hall–Kier alpha value is -1.73. The molecule has 0 bridgehead atoms. The SMILES string of the molecule is COC(=O)C(O)C1CCN(c2ncnc3sc4c(c23)CCCC4)CC1. The van der Waals surface area contributed by atoms with Crippen molar-refractivity contribution in [2.45, 2.75) is 44.6 Å². The standard InChI is InChI=1S/C18H23N3O3S/c1-24-18(23)15(22)11-6-8-21(9-7-11)16-14-12-4-2-3-5-13(12)25-17(14)20-10-19-16/h10-11,15,22H,2-9H2,1H3. The van der Waals surface area contributed by atoms with Gasteiger partial charge in [-0.05, 0) is 50.0 Å². The monoisotopic (exact) mass is 361 g/mol. The summed E-state index contributed by atoms with van der Waals surface area (Å²) in [7, 11) is 1.32. The van der Waals surface area contributed by atoms with Gasteiger partial charge >= 0.3 is 5.97 Å². The van der Waals surface area contributed by atoms with E-state index in [9.17, 15) is 9.90 Å². The Morgan fingerprint density at radius 1 is 1.32 bits per heavy atom. The van der Waals surface area contributed by atoms with E-state index in [-0.39, 0.29) is 5.92 Å². The van der Waals surface area contributed by atoms with E-state index in [0.29, 0.717) is 0 Å². The minimum Gasteiger partial charge on any atom is -0.467 e. The number of piperidine rings is 1. The second kappa shape index (κ2) is 6.88. The molecule has 0 aromatic carbocycles. The maximum Gasteiger partial charge on any atom is 0.334 e. The van der Waals surface area contributed by atoms with Gasteiger partial charge in [0.1, 0.15) is 17.0 Å². The summed E-state index contributed by atoms with van der Waals surface area (Å²) in [4.78, 5) is 25.5. The van der Waals surface area contributed by atoms with E-state index in [1.807, 2.05) is 11.3 Å². The Morgan fingerprint density at radius 3 is 2.84 bits per heavy atom. The molecule has 1 N–H and O–H groups in total. The summed E-state index contributed by atoms with van der Waals surface area (Å²) in [6.45, 7) is 1.57. The lowest BCUT2D eigenvalue weighted by atomic mass is 9.91. The number of aryl methyl sites for hydroxylation is 2. The minimum absolute atomic E-state index is 0.0441. The van der Waals surface area contributed by atoms with Crippen LogP contribution in [0, 0.1) is 5.92 Å². The van der Waals surface area contributed by atoms with Crippen LogP contribution in [-0.4, -0.2) is 47.3 Å². The highest BCUT2D eigenvalue weighted by molar-refractivity contribution is 7.19. The lowest BCUT2D eigenvalue weighted by molar-refractivity contribution is -0.153. The summed E-state index contributed by atoms with van der Waals surface area (Å²) in [6.07, 6.45) is 6.93. The Balaban J connectivity index is 1.57. The molecule has 2 aromatic heterocycles. The number of carbonyl (C=O) groups excluding carboxylic acids is 1. The third-order valence-corrected chi connectivity index (χ3v) is 6.66. The second-order valence-electron chi connectivity index (χ2n) is 6.88. The van der Waals surface area contributed by atoms with Crippen molar-refractivity contribution in [2.75, 3.05) is 25.1 Å². The van der Waals surface area contributed by atoms with Crippen LogP contribution in [0.1, 0.15) is 36.1 Å². The first kappa shape index (κ1) is 16.7. The lowest BCUT2D eigenvalue weighted by Crippen LogP contribution is -2.41. The number of hydrogen-bond donors (Lipinski definition) is 1. The van der Waals surface area contributed by atoms with Crippen molar-refractivity contribution in [3.05, 3.63) is 16.8 Å². The van der Waals surface area contributed by atoms with Gasteiger partial charge in [-0.1, -0.05) is 0 Å². The van der Waals surface area contributed by atoms with Crippen LogP contribution in [-0.2, 0) is 22.4 Å². The van der Waals surface area contributed by atoms with Crippen molar-refractivity contribution in [2.24, 2.45) is 5.92 Å². The average molecular weight is 361 g/mol. The summed E-state index contributed by atoms with van der Waals surface area (Å²) < 4.78 is 4.66. The summed E-state index contributed by atoms with van der Waals surface area (Å²) in [6, 6.07) is 0. The normalized spacial score (nSPS) is 19.7. The molecule has 2 aliphatic rings. The van der Waals surface area contributed by atoms with Crippen LogP contribution in [0.25, 0.3) is 10.2 Å². The Labute approximate surface area is 150 Å². The van der Waals surface area contributed by atoms with Crippen LogP contribution in [0.5, 0.6) is 0 Å². The molecule has 0 amide bonds. The van der Waals surface area contributed by atoms with E-state index in [1.54, 1.807) is 6.33 Å². The highest BCUT2D eigenvalue weighted by atomic mass is 32.1. The van der Waals surface area contributed by atoms with Crippen LogP contribution in [0.3, 0.4) is 0 Å². The Morgan fingerprint density at radius 2 is 2.08 bits per heavy atom. The van der Waals surface area contributed by atoms with E-state index in [0.717, 1.165) is 49.4 Å². The number of rotatable bonds is 3. The maximum atomic E-state index is 11.6. The van der Waals surface area contributed by atoms with Crippen molar-refractivity contribution >= 4 is 33.3 Å². The molecule has 134 valence electrons. The van der Waals surface area contributed by atoms with E-state index in [4.69, 9.17) is 0 Å². The molecule has 1 aliphatic heterocycles. The number of anilines is 1. The highest BCUT2D eigenvalue weighted by Crippen LogP contribution is 2.40. The number of hydrogen-bond acceptors (Lipinski definition) is 7. The molecule has 0 spiro atoms. The number of aromatic nitrogens is 2. The molecule has 4 rings (SSSR count). The van der Waals surface area contributed by atoms with Gasteiger partial charge in [-0.15, -0.1) is 11.3 Å². The maximum absolute atomic E-state index is 11.6. The molecule has 1 saturated heterocycles. The van der Waals surface area contributed by atoms with E-state index < -0.39 is 12.1 Å². The van der Waals surface area contributed by atoms with E-state index in [2.05, 4.69) is 19.6 Å². The Bertz CT molecular complexity index is 783. The van der Waals surface area contributed by atoms with Gasteiger partial charge in [-0.25, -0.2) is 14.8 Å². The summed E-state index contributed by atoms with van der Waals surface area (Å²) in [5, 5.41) is 11.3. The molecule has 6 nitrogen and oxygen atoms in total. The molecular weight excluding hydrogens is 338 g/mol. The number of esters is 1. The number of ether oxygens (including phenoxy) is 1. The summed E-state index contributed by atoms with van der Waals surface area (Å²) in [5.41, 5.74) is 1.44. The van der Waals surface area contributed by atoms with Gasteiger partial charge in [0.15, 0.2) is 6.10 Å². The van der Waals surface area contributed by atoms with Crippen LogP contribution in [0.4, 0.5) is 5.82 Å². The quantitative estimate of drug-likeness (QED) is 0.846. The average Bonchev–Trinajstić information content (AvgIpc) is 3.05. The van der Waals surface area contributed by atoms with Crippen LogP contribution >= 0.6 is 11.3 Å². The highest BCUT2D eigenvalue weighted by Gasteiger charge is 2.32. The number of fused-ring (bicyclic) bond motifs is 3. The van der Waals surface area contributed by atoms with Gasteiger partial charge in [0.25, 0.3) is 0 Å². The molecular formula is C18H23N3O3S. The van der Waals surface area contributed by atoms with Gasteiger partial charge in [0.05, 0.1) is 12.5 Å². The lowest BCUT2D eigenvalue weighted by Gasteiger charge is -2.34. The van der Waals surface area contributed by atoms with Crippen molar-refractivity contribution in [3.63, 3.8) is 0 Å². The van der Waals surface area contributed by atoms with Gasteiger partial charge < -0.3 is 14.7 Å². The molecule has 2 aromatic rings. The van der Waals surface area contributed by atoms with Crippen molar-refractivity contribution in [3.8, 4) is 0 Å². The Kier molecular flexibility index (Phi) is 4.60. The first-order valence-corrected chi connectivity index (χ1v) is 9.76. The number of nitrogens with zero attached hydrogens (tertiary/aromatic N) is 3. The van der Waals surface area contributed by atoms with Gasteiger partial charge in [-0.2, -0.15) is 0 Å². The van der Waals surface area contributed by atoms with E-state index in [1.165, 1.54) is 35.8 Å². The zero-order valence-electron chi connectivity index (χ0n) is 14.4. The van der Waals surface area contributed by atoms with Crippen molar-refractivity contribution in [1.29, 1.82) is 0 Å². The zero-order valence-corrected chi connectivity index (χ0v) is 15.2. The molecule has 1 fully saturated rings. The molecule has 7 heteroatoms. The smallest absolute Gasteiger partial charge is 0.334 e. The molecule has 1 unspecified atom stereocenters. The van der Waals surface area contributed by atoms with Crippen LogP contribution in [0.15, 0.2) is 6.33 Å². The third kappa shape index (κ3) is 3.00. The van der Waals surface area contributed by atoms with Gasteiger partial charge in [0.2, 0.25) is 0 Å². The predicted octanol–water partition coefficient (Wildman–Crippen LogP) is 2.32. The fourth-order valence-corrected chi connectivity index (χ4v) is 5.28. The summed E-state index contributed by atoms with van der Waals surface area (Å²) >= 11 is 1.81. The second-order valence-corrected chi connectivity index (χ2v) is 7.96. The molecule has 25 heavy (non-hydrogen) atoms. The molecule has 3 heterocycles. The minimum atomic E-state index is -1.02. The fraction of sp³-hybridized carbons (Fsp3) is 0.611. The van der Waals surface area contributed by atoms with Gasteiger partial charge in [-0.3, -0.25) is 0 Å². The topological polar surface area (TPSA) is 75.6 Å². The number of methoxy groups -OCH3 is 1. The molecule has 0 radical (unpaired) electrons. The predicted molar refractivity (Wildman–Crippen MR) is 97.0 cm³/mol. The van der Waals surface area contributed by atoms with Crippen LogP contribution < -0.4 is 4.90 Å². The number of carbonyl (C=O) groups is 1. The summed E-state index contributed by atoms with van der Waals surface area (Å²) in [5.74, 6) is 0.447. The van der Waals surface area contributed by atoms with Crippen LogP contribution in [0.2, 0.25) is 0 Å². The molecule has 1 aliphatic carbocycles. The molecule has 1 atom stereocenters. The first-order chi connectivity index (χ1) is 12.2. The zero-order chi connectivity index (χ0) is 17.4. The third-order valence-electron chi connectivity index (χ3n) is 5.46. The first-order valence-electron chi connectivity index (χ1n) is 8.95. The van der Waals surface area contributed by atoms with Crippen molar-refractivity contribution < 1.29 is 14.6 Å². The van der Waals surface area contributed by atoms with Crippen molar-refractivity contribution in [1.82, 2.24) is 9.97 Å². The largest absolute Gasteiger partial charge is 0.467 e. The van der Waals surface area contributed by atoms with E-state index >= 15 is 0 Å². The number of aliphatic hydroxyl groups is 1.